The number of likely N-dealkylation sites (N-methyl/N-ethyl adjacent to an activating group) is 1. The summed E-state index contributed by atoms with van der Waals surface area (Å²) in [6.07, 6.45) is 0.437. The van der Waals surface area contributed by atoms with Gasteiger partial charge >= 0.3 is 6.09 Å². The zero-order valence-electron chi connectivity index (χ0n) is 11.4. The highest BCUT2D eigenvalue weighted by molar-refractivity contribution is 6.05. The Hall–Kier alpha value is -2.82. The van der Waals surface area contributed by atoms with Crippen LogP contribution < -0.4 is 9.80 Å². The molecular formula is C13H13N5O3. The Morgan fingerprint density at radius 2 is 2.29 bits per heavy atom. The lowest BCUT2D eigenvalue weighted by Gasteiger charge is -2.45. The number of anilines is 2. The minimum Gasteiger partial charge on any atom is -0.465 e. The fourth-order valence-corrected chi connectivity index (χ4v) is 2.74. The molecular weight excluding hydrogens is 274 g/mol. The molecule has 2 aliphatic heterocycles. The van der Waals surface area contributed by atoms with Crippen molar-refractivity contribution in [3.63, 3.8) is 0 Å². The zero-order chi connectivity index (χ0) is 15.1. The average Bonchev–Trinajstić information content (AvgIpc) is 2.51. The number of hydrogen-bond donors (Lipinski definition) is 1. The maximum Gasteiger partial charge on any atom is 0.407 e. The third-order valence-electron chi connectivity index (χ3n) is 3.88. The van der Waals surface area contributed by atoms with Crippen LogP contribution in [0.3, 0.4) is 0 Å². The first-order valence-corrected chi connectivity index (χ1v) is 6.45. The molecule has 3 heterocycles. The highest BCUT2D eigenvalue weighted by Crippen LogP contribution is 2.35. The van der Waals surface area contributed by atoms with E-state index in [0.717, 1.165) is 0 Å². The lowest BCUT2D eigenvalue weighted by Crippen LogP contribution is -2.63. The predicted molar refractivity (Wildman–Crippen MR) is 73.1 cm³/mol. The molecule has 8 heteroatoms. The lowest BCUT2D eigenvalue weighted by molar-refractivity contribution is -0.120. The monoisotopic (exact) mass is 287 g/mol. The molecule has 1 atom stereocenters. The largest absolute Gasteiger partial charge is 0.465 e. The molecule has 1 aromatic heterocycles. The number of pyridine rings is 1. The van der Waals surface area contributed by atoms with Gasteiger partial charge in [-0.3, -0.25) is 4.79 Å². The Morgan fingerprint density at radius 3 is 2.95 bits per heavy atom. The van der Waals surface area contributed by atoms with E-state index in [9.17, 15) is 9.59 Å². The Kier molecular flexibility index (Phi) is 2.90. The molecule has 0 bridgehead atoms. The second-order valence-corrected chi connectivity index (χ2v) is 5.01. The smallest absolute Gasteiger partial charge is 0.407 e. The summed E-state index contributed by atoms with van der Waals surface area (Å²) in [5.41, 5.74) is 0.968. The number of piperazine rings is 1. The summed E-state index contributed by atoms with van der Waals surface area (Å²) in [4.78, 5) is 32.3. The van der Waals surface area contributed by atoms with E-state index in [0.29, 0.717) is 30.2 Å². The fraction of sp³-hybridized carbons (Fsp3) is 0.385. The SMILES string of the molecule is CN1C(=O)[C@@H]2CN(C(=O)O)CCN2c2ncc(C#N)cc21. The molecule has 1 N–H and O–H groups in total. The normalized spacial score (nSPS) is 20.7. The van der Waals surface area contributed by atoms with Crippen LogP contribution >= 0.6 is 0 Å². The van der Waals surface area contributed by atoms with Crippen LogP contribution in [0.2, 0.25) is 0 Å². The number of nitriles is 1. The van der Waals surface area contributed by atoms with Gasteiger partial charge in [0.2, 0.25) is 0 Å². The van der Waals surface area contributed by atoms with Crippen LogP contribution in [0, 0.1) is 11.3 Å². The van der Waals surface area contributed by atoms with Crippen molar-refractivity contribution in [1.29, 1.82) is 5.26 Å². The minimum absolute atomic E-state index is 0.125. The molecule has 21 heavy (non-hydrogen) atoms. The molecule has 3 rings (SSSR count). The van der Waals surface area contributed by atoms with E-state index in [-0.39, 0.29) is 12.5 Å². The van der Waals surface area contributed by atoms with Crippen molar-refractivity contribution in [1.82, 2.24) is 9.88 Å². The first-order chi connectivity index (χ1) is 10.0. The summed E-state index contributed by atoms with van der Waals surface area (Å²) < 4.78 is 0. The summed E-state index contributed by atoms with van der Waals surface area (Å²) in [5.74, 6) is 0.427. The number of nitrogens with zero attached hydrogens (tertiary/aromatic N) is 5. The van der Waals surface area contributed by atoms with E-state index >= 15 is 0 Å². The number of amides is 2. The minimum atomic E-state index is -1.02. The molecule has 1 fully saturated rings. The summed E-state index contributed by atoms with van der Waals surface area (Å²) >= 11 is 0. The Bertz CT molecular complexity index is 668. The van der Waals surface area contributed by atoms with E-state index in [1.165, 1.54) is 16.0 Å². The number of rotatable bonds is 0. The Morgan fingerprint density at radius 1 is 1.52 bits per heavy atom. The van der Waals surface area contributed by atoms with Crippen molar-refractivity contribution in [2.24, 2.45) is 0 Å². The Balaban J connectivity index is 2.02. The van der Waals surface area contributed by atoms with Gasteiger partial charge in [0.05, 0.1) is 17.8 Å². The second-order valence-electron chi connectivity index (χ2n) is 5.01. The van der Waals surface area contributed by atoms with Gasteiger partial charge in [-0.15, -0.1) is 0 Å². The number of aromatic nitrogens is 1. The van der Waals surface area contributed by atoms with E-state index in [4.69, 9.17) is 10.4 Å². The molecule has 1 saturated heterocycles. The molecule has 8 nitrogen and oxygen atoms in total. The first-order valence-electron chi connectivity index (χ1n) is 6.45. The third kappa shape index (κ3) is 1.94. The van der Waals surface area contributed by atoms with Gasteiger partial charge in [0.15, 0.2) is 5.82 Å². The highest BCUT2D eigenvalue weighted by atomic mass is 16.4. The standard InChI is InChI=1S/C13H13N5O3/c1-16-9-4-8(5-14)6-15-11(9)18-3-2-17(13(20)21)7-10(18)12(16)19/h4,6,10H,2-3,7H2,1H3,(H,20,21)/t10-/m0/s1. The van der Waals surface area contributed by atoms with Crippen LogP contribution in [0.5, 0.6) is 0 Å². The van der Waals surface area contributed by atoms with Crippen molar-refractivity contribution in [2.45, 2.75) is 6.04 Å². The van der Waals surface area contributed by atoms with Crippen LogP contribution in [-0.2, 0) is 4.79 Å². The summed E-state index contributed by atoms with van der Waals surface area (Å²) in [5, 5.41) is 18.0. The predicted octanol–water partition coefficient (Wildman–Crippen LogP) is 0.0983. The second kappa shape index (κ2) is 4.63. The topological polar surface area (TPSA) is 101 Å². The van der Waals surface area contributed by atoms with Crippen molar-refractivity contribution in [3.05, 3.63) is 17.8 Å². The van der Waals surface area contributed by atoms with Crippen LogP contribution in [0.1, 0.15) is 5.56 Å². The van der Waals surface area contributed by atoms with E-state index in [1.807, 2.05) is 11.0 Å². The zero-order valence-corrected chi connectivity index (χ0v) is 11.4. The number of carbonyl (C=O) groups is 2. The van der Waals surface area contributed by atoms with Gasteiger partial charge in [0.25, 0.3) is 5.91 Å². The van der Waals surface area contributed by atoms with Crippen molar-refractivity contribution in [3.8, 4) is 6.07 Å². The Labute approximate surface area is 120 Å². The van der Waals surface area contributed by atoms with Crippen molar-refractivity contribution < 1.29 is 14.7 Å². The van der Waals surface area contributed by atoms with Gasteiger partial charge < -0.3 is 19.8 Å². The van der Waals surface area contributed by atoms with Crippen LogP contribution in [-0.4, -0.2) is 59.7 Å². The number of hydrogen-bond acceptors (Lipinski definition) is 5. The van der Waals surface area contributed by atoms with Crippen molar-refractivity contribution in [2.75, 3.05) is 36.5 Å². The van der Waals surface area contributed by atoms with Crippen LogP contribution in [0.4, 0.5) is 16.3 Å². The summed E-state index contributed by atoms with van der Waals surface area (Å²) in [6.45, 7) is 0.853. The van der Waals surface area contributed by atoms with Gasteiger partial charge in [-0.1, -0.05) is 0 Å². The number of carboxylic acid groups (broad SMARTS) is 1. The first kappa shape index (κ1) is 13.2. The molecule has 108 valence electrons. The van der Waals surface area contributed by atoms with Gasteiger partial charge in [-0.25, -0.2) is 9.78 Å². The molecule has 0 radical (unpaired) electrons. The van der Waals surface area contributed by atoms with Gasteiger partial charge in [-0.2, -0.15) is 5.26 Å². The summed E-state index contributed by atoms with van der Waals surface area (Å²) in [6, 6.07) is 3.06. The quantitative estimate of drug-likeness (QED) is 0.726. The van der Waals surface area contributed by atoms with E-state index in [2.05, 4.69) is 4.98 Å². The molecule has 1 aromatic rings. The summed E-state index contributed by atoms with van der Waals surface area (Å²) in [7, 11) is 1.61. The number of fused-ring (bicyclic) bond motifs is 3. The third-order valence-corrected chi connectivity index (χ3v) is 3.88. The van der Waals surface area contributed by atoms with E-state index < -0.39 is 12.1 Å². The molecule has 0 aromatic carbocycles. The van der Waals surface area contributed by atoms with Crippen molar-refractivity contribution >= 4 is 23.5 Å². The maximum absolute atomic E-state index is 12.4. The molecule has 0 aliphatic carbocycles. The number of carbonyl (C=O) groups excluding carboxylic acids is 1. The molecule has 2 aliphatic rings. The van der Waals surface area contributed by atoms with E-state index in [1.54, 1.807) is 13.1 Å². The van der Waals surface area contributed by atoms with Gasteiger partial charge in [0.1, 0.15) is 12.1 Å². The molecule has 0 spiro atoms. The fourth-order valence-electron chi connectivity index (χ4n) is 2.74. The van der Waals surface area contributed by atoms with Gasteiger partial charge in [0, 0.05) is 26.3 Å². The highest BCUT2D eigenvalue weighted by Gasteiger charge is 2.42. The van der Waals surface area contributed by atoms with Gasteiger partial charge in [-0.05, 0) is 6.07 Å². The maximum atomic E-state index is 12.4. The average molecular weight is 287 g/mol. The molecule has 0 saturated carbocycles. The van der Waals surface area contributed by atoms with Crippen LogP contribution in [0.25, 0.3) is 0 Å². The lowest BCUT2D eigenvalue weighted by atomic mass is 10.1. The van der Waals surface area contributed by atoms with Crippen LogP contribution in [0.15, 0.2) is 12.3 Å². The molecule has 2 amide bonds. The molecule has 0 unspecified atom stereocenters.